The fourth-order valence-corrected chi connectivity index (χ4v) is 2.54. The number of phenols is 1. The molecule has 0 spiro atoms. The van der Waals surface area contributed by atoms with Gasteiger partial charge < -0.3 is 10.4 Å². The second kappa shape index (κ2) is 4.73. The lowest BCUT2D eigenvalue weighted by atomic mass is 10.2. The van der Waals surface area contributed by atoms with Gasteiger partial charge in [-0.3, -0.25) is 0 Å². The lowest BCUT2D eigenvalue weighted by molar-refractivity contribution is 0.476. The van der Waals surface area contributed by atoms with Crippen molar-refractivity contribution < 1.29 is 5.11 Å². The number of hydrogen-bond donors (Lipinski definition) is 2. The van der Waals surface area contributed by atoms with E-state index in [1.165, 1.54) is 12.8 Å². The highest BCUT2D eigenvalue weighted by molar-refractivity contribution is 5.90. The molecule has 2 N–H and O–H groups in total. The molecule has 0 radical (unpaired) electrons. The molecule has 1 aliphatic carbocycles. The molecule has 3 rings (SSSR count). The summed E-state index contributed by atoms with van der Waals surface area (Å²) in [7, 11) is 0. The molecule has 1 heterocycles. The summed E-state index contributed by atoms with van der Waals surface area (Å²) >= 11 is 0. The molecule has 1 aromatic heterocycles. The molecule has 96 valence electrons. The molecule has 1 saturated carbocycles. The van der Waals surface area contributed by atoms with Gasteiger partial charge in [0, 0.05) is 11.4 Å². The van der Waals surface area contributed by atoms with Crippen molar-refractivity contribution in [3.05, 3.63) is 24.0 Å². The minimum absolute atomic E-state index is 0.152. The van der Waals surface area contributed by atoms with Crippen molar-refractivity contribution in [3.8, 4) is 11.8 Å². The summed E-state index contributed by atoms with van der Waals surface area (Å²) in [4.78, 5) is 8.38. The fourth-order valence-electron chi connectivity index (χ4n) is 2.54. The Morgan fingerprint density at radius 3 is 2.79 bits per heavy atom. The summed E-state index contributed by atoms with van der Waals surface area (Å²) in [6, 6.07) is 7.27. The maximum atomic E-state index is 9.59. The Morgan fingerprint density at radius 2 is 2.05 bits per heavy atom. The zero-order valence-corrected chi connectivity index (χ0v) is 10.4. The zero-order chi connectivity index (χ0) is 13.2. The average Bonchev–Trinajstić information content (AvgIpc) is 2.92. The first-order valence-electron chi connectivity index (χ1n) is 6.43. The summed E-state index contributed by atoms with van der Waals surface area (Å²) in [6.45, 7) is 0. The van der Waals surface area contributed by atoms with Crippen LogP contribution >= 0.6 is 0 Å². The van der Waals surface area contributed by atoms with Crippen LogP contribution in [0, 0.1) is 11.3 Å². The normalized spacial score (nSPS) is 15.5. The SMILES string of the molecule is N#Cc1nc(NC2CCCC2)c2cc(O)ccc2n1. The van der Waals surface area contributed by atoms with Crippen molar-refractivity contribution in [3.63, 3.8) is 0 Å². The van der Waals surface area contributed by atoms with E-state index in [1.807, 2.05) is 6.07 Å². The number of phenolic OH excluding ortho intramolecular Hbond substituents is 1. The first-order chi connectivity index (χ1) is 9.26. The van der Waals surface area contributed by atoms with Gasteiger partial charge >= 0.3 is 0 Å². The van der Waals surface area contributed by atoms with E-state index >= 15 is 0 Å². The molecule has 0 atom stereocenters. The molecule has 1 aliphatic rings. The smallest absolute Gasteiger partial charge is 0.234 e. The second-order valence-electron chi connectivity index (χ2n) is 4.83. The maximum absolute atomic E-state index is 9.59. The summed E-state index contributed by atoms with van der Waals surface area (Å²) in [5.74, 6) is 0.971. The molecule has 0 bridgehead atoms. The minimum atomic E-state index is 0.152. The number of fused-ring (bicyclic) bond motifs is 1. The van der Waals surface area contributed by atoms with Crippen molar-refractivity contribution in [2.24, 2.45) is 0 Å². The largest absolute Gasteiger partial charge is 0.508 e. The molecule has 1 aromatic carbocycles. The van der Waals surface area contributed by atoms with Gasteiger partial charge in [0.2, 0.25) is 5.82 Å². The van der Waals surface area contributed by atoms with Crippen LogP contribution in [0.1, 0.15) is 31.5 Å². The molecule has 0 aliphatic heterocycles. The van der Waals surface area contributed by atoms with Gasteiger partial charge in [-0.05, 0) is 31.0 Å². The van der Waals surface area contributed by atoms with Crippen LogP contribution in [-0.4, -0.2) is 21.1 Å². The number of aromatic nitrogens is 2. The number of aromatic hydroxyl groups is 1. The molecular formula is C14H14N4O. The highest BCUT2D eigenvalue weighted by Gasteiger charge is 2.17. The van der Waals surface area contributed by atoms with E-state index in [2.05, 4.69) is 15.3 Å². The number of benzene rings is 1. The Kier molecular flexibility index (Phi) is 2.92. The average molecular weight is 254 g/mol. The van der Waals surface area contributed by atoms with E-state index in [-0.39, 0.29) is 11.6 Å². The predicted molar refractivity (Wildman–Crippen MR) is 71.8 cm³/mol. The molecule has 2 aromatic rings. The van der Waals surface area contributed by atoms with E-state index < -0.39 is 0 Å². The Morgan fingerprint density at radius 1 is 1.26 bits per heavy atom. The van der Waals surface area contributed by atoms with Gasteiger partial charge in [-0.1, -0.05) is 12.8 Å². The fraction of sp³-hybridized carbons (Fsp3) is 0.357. The molecule has 0 amide bonds. The van der Waals surface area contributed by atoms with Gasteiger partial charge in [0.05, 0.1) is 5.52 Å². The number of rotatable bonds is 2. The number of hydrogen-bond acceptors (Lipinski definition) is 5. The lowest BCUT2D eigenvalue weighted by Gasteiger charge is -2.14. The summed E-state index contributed by atoms with van der Waals surface area (Å²) in [6.07, 6.45) is 4.67. The molecule has 5 heteroatoms. The van der Waals surface area contributed by atoms with E-state index in [1.54, 1.807) is 18.2 Å². The maximum Gasteiger partial charge on any atom is 0.234 e. The van der Waals surface area contributed by atoms with Crippen LogP contribution in [0.4, 0.5) is 5.82 Å². The quantitative estimate of drug-likeness (QED) is 0.860. The van der Waals surface area contributed by atoms with E-state index in [0.717, 1.165) is 18.2 Å². The number of nitrogens with one attached hydrogen (secondary N) is 1. The van der Waals surface area contributed by atoms with E-state index in [4.69, 9.17) is 5.26 Å². The van der Waals surface area contributed by atoms with Crippen LogP contribution < -0.4 is 5.32 Å². The number of nitrogens with zero attached hydrogens (tertiary/aromatic N) is 3. The Bertz CT molecular complexity index is 656. The number of nitriles is 1. The van der Waals surface area contributed by atoms with Crippen LogP contribution in [0.15, 0.2) is 18.2 Å². The van der Waals surface area contributed by atoms with E-state index in [0.29, 0.717) is 17.4 Å². The monoisotopic (exact) mass is 254 g/mol. The summed E-state index contributed by atoms with van der Waals surface area (Å²) < 4.78 is 0. The van der Waals surface area contributed by atoms with Crippen molar-refractivity contribution in [2.45, 2.75) is 31.7 Å². The van der Waals surface area contributed by atoms with Gasteiger partial charge in [-0.15, -0.1) is 0 Å². The van der Waals surface area contributed by atoms with Gasteiger partial charge in [-0.2, -0.15) is 5.26 Å². The zero-order valence-electron chi connectivity index (χ0n) is 10.4. The van der Waals surface area contributed by atoms with Crippen molar-refractivity contribution in [1.82, 2.24) is 9.97 Å². The first kappa shape index (κ1) is 11.7. The number of anilines is 1. The Labute approximate surface area is 110 Å². The molecule has 0 unspecified atom stereocenters. The van der Waals surface area contributed by atoms with Crippen LogP contribution in [0.25, 0.3) is 10.9 Å². The van der Waals surface area contributed by atoms with Crippen LogP contribution in [-0.2, 0) is 0 Å². The summed E-state index contributed by atoms with van der Waals surface area (Å²) in [5.41, 5.74) is 0.671. The van der Waals surface area contributed by atoms with Crippen molar-refractivity contribution in [1.29, 1.82) is 5.26 Å². The molecule has 1 fully saturated rings. The second-order valence-corrected chi connectivity index (χ2v) is 4.83. The topological polar surface area (TPSA) is 81.8 Å². The van der Waals surface area contributed by atoms with Crippen LogP contribution in [0.3, 0.4) is 0 Å². The van der Waals surface area contributed by atoms with Gasteiger partial charge in [0.15, 0.2) is 0 Å². The standard InChI is InChI=1S/C14H14N4O/c15-8-13-17-12-6-5-10(19)7-11(12)14(18-13)16-9-3-1-2-4-9/h5-7,9,19H,1-4H2,(H,16,17,18). The third-order valence-electron chi connectivity index (χ3n) is 3.48. The summed E-state index contributed by atoms with van der Waals surface area (Å²) in [5, 5.41) is 22.7. The Hall–Kier alpha value is -2.35. The molecule has 19 heavy (non-hydrogen) atoms. The van der Waals surface area contributed by atoms with Gasteiger partial charge in [-0.25, -0.2) is 9.97 Å². The van der Waals surface area contributed by atoms with E-state index in [9.17, 15) is 5.11 Å². The Balaban J connectivity index is 2.08. The van der Waals surface area contributed by atoms with Crippen molar-refractivity contribution in [2.75, 3.05) is 5.32 Å². The minimum Gasteiger partial charge on any atom is -0.508 e. The highest BCUT2D eigenvalue weighted by Crippen LogP contribution is 2.28. The van der Waals surface area contributed by atoms with Gasteiger partial charge in [0.1, 0.15) is 17.6 Å². The molecular weight excluding hydrogens is 240 g/mol. The molecule has 0 saturated heterocycles. The van der Waals surface area contributed by atoms with Crippen molar-refractivity contribution >= 4 is 16.7 Å². The highest BCUT2D eigenvalue weighted by atomic mass is 16.3. The van der Waals surface area contributed by atoms with Crippen LogP contribution in [0.5, 0.6) is 5.75 Å². The lowest BCUT2D eigenvalue weighted by Crippen LogP contribution is -2.16. The first-order valence-corrected chi connectivity index (χ1v) is 6.43. The third kappa shape index (κ3) is 2.29. The predicted octanol–water partition coefficient (Wildman–Crippen LogP) is 2.56. The third-order valence-corrected chi connectivity index (χ3v) is 3.48. The van der Waals surface area contributed by atoms with Gasteiger partial charge in [0.25, 0.3) is 0 Å². The van der Waals surface area contributed by atoms with Crippen LogP contribution in [0.2, 0.25) is 0 Å². The molecule has 5 nitrogen and oxygen atoms in total.